The molecule has 20 heavy (non-hydrogen) atoms. The number of fused-ring (bicyclic) bond motifs is 1. The molecule has 0 unspecified atom stereocenters. The topological polar surface area (TPSA) is 70.9 Å². The molecule has 2 rings (SSSR count). The molecule has 2 aromatic carbocycles. The molecular formula is C15H16N2O3. The van der Waals surface area contributed by atoms with Gasteiger partial charge in [-0.2, -0.15) is 5.10 Å². The van der Waals surface area contributed by atoms with Gasteiger partial charge < -0.3 is 9.84 Å². The van der Waals surface area contributed by atoms with Crippen molar-refractivity contribution in [2.75, 3.05) is 13.2 Å². The Morgan fingerprint density at radius 1 is 1.30 bits per heavy atom. The second-order valence-corrected chi connectivity index (χ2v) is 4.08. The van der Waals surface area contributed by atoms with Gasteiger partial charge in [-0.3, -0.25) is 4.79 Å². The number of carbonyl (C=O) groups excluding carboxylic acids is 1. The van der Waals surface area contributed by atoms with Crippen molar-refractivity contribution in [3.63, 3.8) is 0 Å². The number of hydrazone groups is 1. The predicted octanol–water partition coefficient (Wildman–Crippen LogP) is 1.68. The maximum absolute atomic E-state index is 10.9. The fourth-order valence-corrected chi connectivity index (χ4v) is 1.90. The Morgan fingerprint density at radius 2 is 2.05 bits per heavy atom. The molecule has 0 fully saturated rings. The molecule has 5 heteroatoms. The van der Waals surface area contributed by atoms with E-state index in [1.54, 1.807) is 6.21 Å². The van der Waals surface area contributed by atoms with Crippen LogP contribution in [0.15, 0.2) is 41.5 Å². The number of carbonyl (C=O) groups is 1. The maximum atomic E-state index is 10.9. The van der Waals surface area contributed by atoms with Crippen LogP contribution in [0.5, 0.6) is 5.75 Å². The van der Waals surface area contributed by atoms with Crippen LogP contribution in [0.2, 0.25) is 0 Å². The third-order valence-electron chi connectivity index (χ3n) is 2.75. The van der Waals surface area contributed by atoms with Gasteiger partial charge in [0.15, 0.2) is 0 Å². The smallest absolute Gasteiger partial charge is 0.265 e. The molecule has 1 amide bonds. The maximum Gasteiger partial charge on any atom is 0.265 e. The summed E-state index contributed by atoms with van der Waals surface area (Å²) in [5, 5.41) is 14.4. The molecule has 0 heterocycles. The monoisotopic (exact) mass is 272 g/mol. The summed E-state index contributed by atoms with van der Waals surface area (Å²) >= 11 is 0. The van der Waals surface area contributed by atoms with Crippen LogP contribution in [-0.2, 0) is 4.79 Å². The summed E-state index contributed by atoms with van der Waals surface area (Å²) in [6.45, 7) is 1.96. The first-order valence-electron chi connectivity index (χ1n) is 6.33. The third kappa shape index (κ3) is 3.13. The first-order chi connectivity index (χ1) is 9.76. The Hall–Kier alpha value is -2.40. The van der Waals surface area contributed by atoms with Crippen LogP contribution in [0.1, 0.15) is 12.5 Å². The van der Waals surface area contributed by atoms with Crippen LogP contribution in [0, 0.1) is 0 Å². The van der Waals surface area contributed by atoms with Gasteiger partial charge in [-0.25, -0.2) is 5.43 Å². The fraction of sp³-hybridized carbons (Fsp3) is 0.200. The molecule has 104 valence electrons. The Balaban J connectivity index is 2.35. The Kier molecular flexibility index (Phi) is 4.68. The van der Waals surface area contributed by atoms with E-state index in [-0.39, 0.29) is 0 Å². The van der Waals surface area contributed by atoms with Crippen molar-refractivity contribution in [1.29, 1.82) is 0 Å². The zero-order valence-electron chi connectivity index (χ0n) is 11.2. The summed E-state index contributed by atoms with van der Waals surface area (Å²) in [6.07, 6.45) is 1.55. The number of hydrogen-bond donors (Lipinski definition) is 2. The van der Waals surface area contributed by atoms with Gasteiger partial charge in [0.2, 0.25) is 0 Å². The van der Waals surface area contributed by atoms with Crippen molar-refractivity contribution in [1.82, 2.24) is 5.43 Å². The second-order valence-electron chi connectivity index (χ2n) is 4.08. The van der Waals surface area contributed by atoms with Crippen molar-refractivity contribution in [3.8, 4) is 5.75 Å². The highest BCUT2D eigenvalue weighted by atomic mass is 16.5. The van der Waals surface area contributed by atoms with Gasteiger partial charge in [-0.1, -0.05) is 24.3 Å². The zero-order chi connectivity index (χ0) is 14.4. The largest absolute Gasteiger partial charge is 0.493 e. The van der Waals surface area contributed by atoms with Crippen LogP contribution in [-0.4, -0.2) is 30.4 Å². The van der Waals surface area contributed by atoms with Crippen LogP contribution in [0.4, 0.5) is 0 Å². The summed E-state index contributed by atoms with van der Waals surface area (Å²) in [5.74, 6) is 0.274. The highest BCUT2D eigenvalue weighted by Crippen LogP contribution is 2.27. The van der Waals surface area contributed by atoms with E-state index < -0.39 is 12.5 Å². The minimum absolute atomic E-state index is 0.545. The average Bonchev–Trinajstić information content (AvgIpc) is 2.49. The standard InChI is InChI=1S/C15H16N2O3/c1-2-20-14-8-7-11(9-16-17-15(19)10-18)12-5-3-4-6-13(12)14/h3-9,18H,2,10H2,1H3,(H,17,19)/b16-9-. The first kappa shape index (κ1) is 14.0. The van der Waals surface area contributed by atoms with Gasteiger partial charge in [0.05, 0.1) is 12.8 Å². The lowest BCUT2D eigenvalue weighted by Crippen LogP contribution is -2.20. The number of amides is 1. The van der Waals surface area contributed by atoms with Gasteiger partial charge >= 0.3 is 0 Å². The van der Waals surface area contributed by atoms with E-state index in [1.165, 1.54) is 0 Å². The molecule has 0 aliphatic rings. The Morgan fingerprint density at radius 3 is 2.75 bits per heavy atom. The number of aliphatic hydroxyl groups is 1. The quantitative estimate of drug-likeness (QED) is 0.642. The van der Waals surface area contributed by atoms with Gasteiger partial charge in [0.1, 0.15) is 12.4 Å². The molecular weight excluding hydrogens is 256 g/mol. The highest BCUT2D eigenvalue weighted by molar-refractivity contribution is 6.02. The number of nitrogens with one attached hydrogen (secondary N) is 1. The Labute approximate surface area is 116 Å². The Bertz CT molecular complexity index is 638. The van der Waals surface area contributed by atoms with Crippen LogP contribution >= 0.6 is 0 Å². The fourth-order valence-electron chi connectivity index (χ4n) is 1.90. The second kappa shape index (κ2) is 6.68. The van der Waals surface area contributed by atoms with Crippen molar-refractivity contribution < 1.29 is 14.6 Å². The van der Waals surface area contributed by atoms with Gasteiger partial charge in [-0.05, 0) is 24.4 Å². The summed E-state index contributed by atoms with van der Waals surface area (Å²) in [4.78, 5) is 10.9. The molecule has 5 nitrogen and oxygen atoms in total. The van der Waals surface area contributed by atoms with Crippen LogP contribution < -0.4 is 10.2 Å². The molecule has 0 spiro atoms. The van der Waals surface area contributed by atoms with E-state index in [0.717, 1.165) is 22.1 Å². The number of hydrogen-bond acceptors (Lipinski definition) is 4. The van der Waals surface area contributed by atoms with E-state index in [4.69, 9.17) is 9.84 Å². The molecule has 0 saturated carbocycles. The van der Waals surface area contributed by atoms with E-state index in [9.17, 15) is 4.79 Å². The zero-order valence-corrected chi connectivity index (χ0v) is 11.2. The summed E-state index contributed by atoms with van der Waals surface area (Å²) in [7, 11) is 0. The predicted molar refractivity (Wildman–Crippen MR) is 77.9 cm³/mol. The number of nitrogens with zero attached hydrogens (tertiary/aromatic N) is 1. The summed E-state index contributed by atoms with van der Waals surface area (Å²) in [5.41, 5.74) is 3.10. The van der Waals surface area contributed by atoms with Crippen molar-refractivity contribution in [2.24, 2.45) is 5.10 Å². The molecule has 0 bridgehead atoms. The molecule has 0 aromatic heterocycles. The first-order valence-corrected chi connectivity index (χ1v) is 6.33. The highest BCUT2D eigenvalue weighted by Gasteiger charge is 2.05. The molecule has 0 aliphatic carbocycles. The van der Waals surface area contributed by atoms with Gasteiger partial charge in [0.25, 0.3) is 5.91 Å². The molecule has 0 saturated heterocycles. The lowest BCUT2D eigenvalue weighted by molar-refractivity contribution is -0.123. The van der Waals surface area contributed by atoms with Crippen molar-refractivity contribution in [2.45, 2.75) is 6.92 Å². The lowest BCUT2D eigenvalue weighted by atomic mass is 10.0. The number of rotatable bonds is 5. The van der Waals surface area contributed by atoms with Crippen molar-refractivity contribution >= 4 is 22.9 Å². The molecule has 0 aliphatic heterocycles. The van der Waals surface area contributed by atoms with E-state index in [1.807, 2.05) is 43.3 Å². The SMILES string of the molecule is CCOc1ccc(/C=N\NC(=O)CO)c2ccccc12. The number of benzene rings is 2. The van der Waals surface area contributed by atoms with Crippen LogP contribution in [0.3, 0.4) is 0 Å². The molecule has 2 N–H and O–H groups in total. The van der Waals surface area contributed by atoms with Crippen LogP contribution in [0.25, 0.3) is 10.8 Å². The van der Waals surface area contributed by atoms with E-state index in [0.29, 0.717) is 6.61 Å². The third-order valence-corrected chi connectivity index (χ3v) is 2.75. The average molecular weight is 272 g/mol. The van der Waals surface area contributed by atoms with Gasteiger partial charge in [-0.15, -0.1) is 0 Å². The molecule has 0 atom stereocenters. The van der Waals surface area contributed by atoms with Crippen molar-refractivity contribution in [3.05, 3.63) is 42.0 Å². The molecule has 0 radical (unpaired) electrons. The van der Waals surface area contributed by atoms with Gasteiger partial charge in [0, 0.05) is 10.9 Å². The minimum Gasteiger partial charge on any atom is -0.493 e. The number of aliphatic hydroxyl groups excluding tert-OH is 1. The summed E-state index contributed by atoms with van der Waals surface area (Å²) in [6, 6.07) is 11.6. The normalized spacial score (nSPS) is 10.9. The molecule has 2 aromatic rings. The summed E-state index contributed by atoms with van der Waals surface area (Å²) < 4.78 is 5.59. The number of ether oxygens (including phenoxy) is 1. The minimum atomic E-state index is -0.582. The van der Waals surface area contributed by atoms with E-state index in [2.05, 4.69) is 10.5 Å². The lowest BCUT2D eigenvalue weighted by Gasteiger charge is -2.09. The van der Waals surface area contributed by atoms with E-state index >= 15 is 0 Å².